The van der Waals surface area contributed by atoms with Crippen LogP contribution in [0.1, 0.15) is 33.6 Å². The second kappa shape index (κ2) is 5.52. The van der Waals surface area contributed by atoms with Gasteiger partial charge in [-0.2, -0.15) is 0 Å². The largest absolute Gasteiger partial charge is 0.0880 e. The lowest BCUT2D eigenvalue weighted by molar-refractivity contribution is 0.570. The third-order valence-corrected chi connectivity index (χ3v) is 1.70. The van der Waals surface area contributed by atoms with E-state index in [0.29, 0.717) is 5.92 Å². The Balaban J connectivity index is 3.33. The molecule has 0 saturated carbocycles. The Morgan fingerprint density at radius 2 is 2.00 bits per heavy atom. The minimum Gasteiger partial charge on any atom is -0.0880 e. The van der Waals surface area contributed by atoms with E-state index in [0.717, 1.165) is 5.92 Å². The van der Waals surface area contributed by atoms with Crippen LogP contribution < -0.4 is 0 Å². The molecule has 0 N–H and O–H groups in total. The normalized spacial score (nSPS) is 14.9. The zero-order valence-electron chi connectivity index (χ0n) is 7.43. The average molecular weight is 139 g/mol. The standard InChI is InChI=1S/C10H19/c1-5-10(4)8-6-7-9(2)3/h6-7,9-10H,2,5,8H2,1,3-4H3. The maximum Gasteiger partial charge on any atom is -0.0262 e. The number of rotatable bonds is 4. The van der Waals surface area contributed by atoms with Crippen molar-refractivity contribution in [2.24, 2.45) is 11.8 Å². The molecule has 1 radical (unpaired) electrons. The van der Waals surface area contributed by atoms with E-state index in [-0.39, 0.29) is 0 Å². The Kier molecular flexibility index (Phi) is 5.38. The van der Waals surface area contributed by atoms with Crippen molar-refractivity contribution in [3.63, 3.8) is 0 Å². The van der Waals surface area contributed by atoms with Crippen LogP contribution in [-0.4, -0.2) is 0 Å². The van der Waals surface area contributed by atoms with Crippen LogP contribution in [-0.2, 0) is 0 Å². The second-order valence-corrected chi connectivity index (χ2v) is 3.15. The van der Waals surface area contributed by atoms with Crippen LogP contribution in [0.3, 0.4) is 0 Å². The van der Waals surface area contributed by atoms with Crippen molar-refractivity contribution in [2.75, 3.05) is 0 Å². The van der Waals surface area contributed by atoms with E-state index in [2.05, 4.69) is 39.8 Å². The van der Waals surface area contributed by atoms with Crippen molar-refractivity contribution in [3.8, 4) is 0 Å². The molecule has 59 valence electrons. The highest BCUT2D eigenvalue weighted by atomic mass is 14.0. The fraction of sp³-hybridized carbons (Fsp3) is 0.700. The Hall–Kier alpha value is -0.260. The Bertz CT molecular complexity index is 90.2. The molecule has 0 fully saturated rings. The zero-order chi connectivity index (χ0) is 7.98. The summed E-state index contributed by atoms with van der Waals surface area (Å²) in [4.78, 5) is 0. The molecule has 0 aromatic carbocycles. The van der Waals surface area contributed by atoms with Crippen LogP contribution in [0.2, 0.25) is 0 Å². The van der Waals surface area contributed by atoms with Crippen molar-refractivity contribution in [1.29, 1.82) is 0 Å². The summed E-state index contributed by atoms with van der Waals surface area (Å²) in [6.45, 7) is 10.5. The van der Waals surface area contributed by atoms with Gasteiger partial charge in [-0.3, -0.25) is 0 Å². The number of hydrogen-bond acceptors (Lipinski definition) is 0. The van der Waals surface area contributed by atoms with Crippen LogP contribution in [0.4, 0.5) is 0 Å². The Labute approximate surface area is 65.3 Å². The first-order valence-corrected chi connectivity index (χ1v) is 4.16. The van der Waals surface area contributed by atoms with E-state index >= 15 is 0 Å². The van der Waals surface area contributed by atoms with Crippen LogP contribution in [0.5, 0.6) is 0 Å². The van der Waals surface area contributed by atoms with E-state index in [1.54, 1.807) is 0 Å². The zero-order valence-corrected chi connectivity index (χ0v) is 7.43. The molecule has 0 aromatic rings. The number of allylic oxidation sites excluding steroid dienone is 2. The van der Waals surface area contributed by atoms with Gasteiger partial charge in [0.2, 0.25) is 0 Å². The molecule has 0 aromatic heterocycles. The molecule has 0 saturated heterocycles. The molecule has 0 amide bonds. The van der Waals surface area contributed by atoms with Crippen molar-refractivity contribution < 1.29 is 0 Å². The lowest BCUT2D eigenvalue weighted by atomic mass is 10.0. The van der Waals surface area contributed by atoms with Crippen LogP contribution in [0, 0.1) is 18.8 Å². The van der Waals surface area contributed by atoms with Crippen molar-refractivity contribution in [1.82, 2.24) is 0 Å². The van der Waals surface area contributed by atoms with Gasteiger partial charge in [0.05, 0.1) is 0 Å². The summed E-state index contributed by atoms with van der Waals surface area (Å²) >= 11 is 0. The third-order valence-electron chi connectivity index (χ3n) is 1.70. The van der Waals surface area contributed by atoms with Crippen LogP contribution >= 0.6 is 0 Å². The number of hydrogen-bond donors (Lipinski definition) is 0. The van der Waals surface area contributed by atoms with Crippen LogP contribution in [0.15, 0.2) is 12.2 Å². The van der Waals surface area contributed by atoms with Gasteiger partial charge < -0.3 is 0 Å². The van der Waals surface area contributed by atoms with Crippen LogP contribution in [0.25, 0.3) is 0 Å². The maximum absolute atomic E-state index is 3.87. The molecular weight excluding hydrogens is 120 g/mol. The quantitative estimate of drug-likeness (QED) is 0.523. The SMILES string of the molecule is [CH2]C(C)C=CCC(C)CC. The van der Waals surface area contributed by atoms with Gasteiger partial charge in [-0.05, 0) is 25.2 Å². The highest BCUT2D eigenvalue weighted by molar-refractivity contribution is 4.88. The molecule has 0 nitrogen and oxygen atoms in total. The molecule has 0 rings (SSSR count). The lowest BCUT2D eigenvalue weighted by Gasteiger charge is -2.02. The first kappa shape index (κ1) is 9.74. The third kappa shape index (κ3) is 5.87. The van der Waals surface area contributed by atoms with E-state index in [9.17, 15) is 0 Å². The highest BCUT2D eigenvalue weighted by Gasteiger charge is 1.93. The summed E-state index contributed by atoms with van der Waals surface area (Å²) in [5.74, 6) is 1.29. The van der Waals surface area contributed by atoms with E-state index in [1.165, 1.54) is 12.8 Å². The molecular formula is C10H19. The molecule has 0 spiro atoms. The molecule has 2 atom stereocenters. The molecule has 10 heavy (non-hydrogen) atoms. The molecule has 2 unspecified atom stereocenters. The van der Waals surface area contributed by atoms with Gasteiger partial charge in [0.15, 0.2) is 0 Å². The average Bonchev–Trinajstić information content (AvgIpc) is 1.87. The van der Waals surface area contributed by atoms with Crippen molar-refractivity contribution in [3.05, 3.63) is 19.1 Å². The van der Waals surface area contributed by atoms with Gasteiger partial charge in [0.25, 0.3) is 0 Å². The van der Waals surface area contributed by atoms with E-state index in [1.807, 2.05) is 0 Å². The smallest absolute Gasteiger partial charge is 0.0262 e. The highest BCUT2D eigenvalue weighted by Crippen LogP contribution is 2.07. The second-order valence-electron chi connectivity index (χ2n) is 3.15. The lowest BCUT2D eigenvalue weighted by Crippen LogP contribution is -1.88. The first-order chi connectivity index (χ1) is 4.66. The summed E-state index contributed by atoms with van der Waals surface area (Å²) in [6, 6.07) is 0. The van der Waals surface area contributed by atoms with Crippen molar-refractivity contribution in [2.45, 2.75) is 33.6 Å². The van der Waals surface area contributed by atoms with Gasteiger partial charge in [-0.1, -0.05) is 39.3 Å². The fourth-order valence-electron chi connectivity index (χ4n) is 0.710. The summed E-state index contributed by atoms with van der Waals surface area (Å²) in [7, 11) is 0. The minimum absolute atomic E-state index is 0.462. The fourth-order valence-corrected chi connectivity index (χ4v) is 0.710. The summed E-state index contributed by atoms with van der Waals surface area (Å²) < 4.78 is 0. The van der Waals surface area contributed by atoms with Gasteiger partial charge in [0, 0.05) is 0 Å². The van der Waals surface area contributed by atoms with Gasteiger partial charge in [-0.25, -0.2) is 0 Å². The predicted octanol–water partition coefficient (Wildman–Crippen LogP) is 3.45. The molecule has 0 heterocycles. The van der Waals surface area contributed by atoms with Gasteiger partial charge in [-0.15, -0.1) is 0 Å². The van der Waals surface area contributed by atoms with Gasteiger partial charge in [0.1, 0.15) is 0 Å². The van der Waals surface area contributed by atoms with E-state index < -0.39 is 0 Å². The summed E-state index contributed by atoms with van der Waals surface area (Å²) in [6.07, 6.45) is 6.89. The Morgan fingerprint density at radius 3 is 2.40 bits per heavy atom. The molecule has 0 heteroatoms. The molecule has 0 aliphatic heterocycles. The van der Waals surface area contributed by atoms with Crippen molar-refractivity contribution >= 4 is 0 Å². The van der Waals surface area contributed by atoms with Gasteiger partial charge >= 0.3 is 0 Å². The summed E-state index contributed by atoms with van der Waals surface area (Å²) in [5, 5.41) is 0. The Morgan fingerprint density at radius 1 is 1.40 bits per heavy atom. The first-order valence-electron chi connectivity index (χ1n) is 4.16. The predicted molar refractivity (Wildman–Crippen MR) is 47.7 cm³/mol. The van der Waals surface area contributed by atoms with E-state index in [4.69, 9.17) is 0 Å². The summed E-state index contributed by atoms with van der Waals surface area (Å²) in [5.41, 5.74) is 0. The molecule has 0 aliphatic carbocycles. The molecule has 0 aliphatic rings. The monoisotopic (exact) mass is 139 g/mol. The minimum atomic E-state index is 0.462. The maximum atomic E-state index is 3.87. The molecule has 0 bridgehead atoms. The topological polar surface area (TPSA) is 0 Å².